The molecule has 1 saturated carbocycles. The quantitative estimate of drug-likeness (QED) is 0.723. The first kappa shape index (κ1) is 13.4. The lowest BCUT2D eigenvalue weighted by Crippen LogP contribution is -2.45. The van der Waals surface area contributed by atoms with Crippen LogP contribution in [0.15, 0.2) is 30.3 Å². The van der Waals surface area contributed by atoms with E-state index in [9.17, 15) is 4.79 Å². The third-order valence-corrected chi connectivity index (χ3v) is 3.80. The minimum Gasteiger partial charge on any atom is -0.339 e. The first-order valence-corrected chi connectivity index (χ1v) is 7.24. The van der Waals surface area contributed by atoms with E-state index in [1.807, 2.05) is 23.1 Å². The minimum absolute atomic E-state index is 0.254. The van der Waals surface area contributed by atoms with Gasteiger partial charge < -0.3 is 4.90 Å². The number of amides is 1. The monoisotopic (exact) mass is 265 g/mol. The number of hydrogen-bond acceptors (Lipinski definition) is 1. The Morgan fingerprint density at radius 3 is 2.56 bits per heavy atom. The first-order chi connectivity index (χ1) is 8.81. The second-order valence-electron chi connectivity index (χ2n) is 4.85. The largest absolute Gasteiger partial charge is 0.339 e. The Bertz CT molecular complexity index is 375. The SMILES string of the molecule is O=C(CCc1ccccc1)N(CCCl)C1CCC1. The average Bonchev–Trinajstić information content (AvgIpc) is 2.34. The number of halogens is 1. The lowest BCUT2D eigenvalue weighted by Gasteiger charge is -2.37. The highest BCUT2D eigenvalue weighted by Crippen LogP contribution is 2.25. The van der Waals surface area contributed by atoms with Crippen molar-refractivity contribution in [2.75, 3.05) is 12.4 Å². The number of carbonyl (C=O) groups excluding carboxylic acids is 1. The number of alkyl halides is 1. The number of aryl methyl sites for hydroxylation is 1. The zero-order chi connectivity index (χ0) is 12.8. The van der Waals surface area contributed by atoms with Crippen LogP contribution in [0.5, 0.6) is 0 Å². The minimum atomic E-state index is 0.254. The molecule has 1 aromatic carbocycles. The van der Waals surface area contributed by atoms with Gasteiger partial charge in [-0.1, -0.05) is 30.3 Å². The van der Waals surface area contributed by atoms with Crippen LogP contribution in [0, 0.1) is 0 Å². The maximum atomic E-state index is 12.2. The molecule has 0 bridgehead atoms. The normalized spacial score (nSPS) is 15.2. The zero-order valence-corrected chi connectivity index (χ0v) is 11.4. The van der Waals surface area contributed by atoms with Gasteiger partial charge in [-0.3, -0.25) is 4.79 Å². The average molecular weight is 266 g/mol. The van der Waals surface area contributed by atoms with Gasteiger partial charge in [0.1, 0.15) is 0 Å². The summed E-state index contributed by atoms with van der Waals surface area (Å²) in [5.41, 5.74) is 1.23. The Labute approximate surface area is 114 Å². The molecule has 0 N–H and O–H groups in total. The molecule has 1 fully saturated rings. The van der Waals surface area contributed by atoms with Crippen LogP contribution in [0.3, 0.4) is 0 Å². The molecule has 2 nitrogen and oxygen atoms in total. The third-order valence-electron chi connectivity index (χ3n) is 3.63. The number of benzene rings is 1. The van der Waals surface area contributed by atoms with Crippen LogP contribution in [-0.4, -0.2) is 29.3 Å². The molecule has 3 heteroatoms. The number of carbonyl (C=O) groups is 1. The van der Waals surface area contributed by atoms with Gasteiger partial charge in [0.05, 0.1) is 0 Å². The summed E-state index contributed by atoms with van der Waals surface area (Å²) in [6.45, 7) is 0.694. The molecule has 0 radical (unpaired) electrons. The molecular formula is C15H20ClNO. The molecule has 1 aliphatic carbocycles. The van der Waals surface area contributed by atoms with Crippen molar-refractivity contribution in [2.45, 2.75) is 38.1 Å². The molecule has 98 valence electrons. The van der Waals surface area contributed by atoms with E-state index in [0.717, 1.165) is 19.3 Å². The molecular weight excluding hydrogens is 246 g/mol. The summed E-state index contributed by atoms with van der Waals surface area (Å²) < 4.78 is 0. The maximum absolute atomic E-state index is 12.2. The van der Waals surface area contributed by atoms with Gasteiger partial charge in [0.15, 0.2) is 0 Å². The lowest BCUT2D eigenvalue weighted by atomic mass is 9.91. The van der Waals surface area contributed by atoms with E-state index in [2.05, 4.69) is 12.1 Å². The predicted molar refractivity (Wildman–Crippen MR) is 74.8 cm³/mol. The number of rotatable bonds is 6. The van der Waals surface area contributed by atoms with Crippen LogP contribution < -0.4 is 0 Å². The van der Waals surface area contributed by atoms with Gasteiger partial charge in [0, 0.05) is 24.9 Å². The van der Waals surface area contributed by atoms with Gasteiger partial charge in [0.25, 0.3) is 0 Å². The van der Waals surface area contributed by atoms with Crippen molar-refractivity contribution in [1.82, 2.24) is 4.90 Å². The lowest BCUT2D eigenvalue weighted by molar-refractivity contribution is -0.134. The van der Waals surface area contributed by atoms with E-state index in [-0.39, 0.29) is 5.91 Å². The van der Waals surface area contributed by atoms with E-state index in [0.29, 0.717) is 24.9 Å². The van der Waals surface area contributed by atoms with Gasteiger partial charge in [-0.25, -0.2) is 0 Å². The van der Waals surface area contributed by atoms with Crippen LogP contribution in [0.25, 0.3) is 0 Å². The number of hydrogen-bond donors (Lipinski definition) is 0. The molecule has 1 aromatic rings. The summed E-state index contributed by atoms with van der Waals surface area (Å²) >= 11 is 5.79. The highest BCUT2D eigenvalue weighted by atomic mass is 35.5. The van der Waals surface area contributed by atoms with E-state index >= 15 is 0 Å². The Kier molecular flexibility index (Phi) is 5.06. The van der Waals surface area contributed by atoms with Crippen molar-refractivity contribution in [3.63, 3.8) is 0 Å². The topological polar surface area (TPSA) is 20.3 Å². The van der Waals surface area contributed by atoms with Crippen molar-refractivity contribution in [3.05, 3.63) is 35.9 Å². The van der Waals surface area contributed by atoms with Crippen molar-refractivity contribution in [3.8, 4) is 0 Å². The van der Waals surface area contributed by atoms with Crippen molar-refractivity contribution < 1.29 is 4.79 Å². The Morgan fingerprint density at radius 1 is 1.28 bits per heavy atom. The summed E-state index contributed by atoms with van der Waals surface area (Å²) in [6.07, 6.45) is 4.96. The molecule has 1 amide bonds. The maximum Gasteiger partial charge on any atom is 0.223 e. The molecule has 18 heavy (non-hydrogen) atoms. The Balaban J connectivity index is 1.85. The first-order valence-electron chi connectivity index (χ1n) is 6.70. The Hall–Kier alpha value is -1.02. The fourth-order valence-electron chi connectivity index (χ4n) is 2.34. The van der Waals surface area contributed by atoms with Crippen molar-refractivity contribution in [1.29, 1.82) is 0 Å². The van der Waals surface area contributed by atoms with Gasteiger partial charge in [-0.05, 0) is 31.2 Å². The zero-order valence-electron chi connectivity index (χ0n) is 10.6. The summed E-state index contributed by atoms with van der Waals surface area (Å²) in [4.78, 5) is 14.2. The molecule has 0 aliphatic heterocycles. The van der Waals surface area contributed by atoms with E-state index < -0.39 is 0 Å². The van der Waals surface area contributed by atoms with Gasteiger partial charge in [-0.2, -0.15) is 0 Å². The number of nitrogens with zero attached hydrogens (tertiary/aromatic N) is 1. The summed E-state index contributed by atoms with van der Waals surface area (Å²) in [7, 11) is 0. The molecule has 0 heterocycles. The summed E-state index contributed by atoms with van der Waals surface area (Å²) in [5.74, 6) is 0.789. The molecule has 0 saturated heterocycles. The molecule has 0 spiro atoms. The van der Waals surface area contributed by atoms with Crippen LogP contribution in [0.2, 0.25) is 0 Å². The third kappa shape index (κ3) is 3.49. The molecule has 0 atom stereocenters. The van der Waals surface area contributed by atoms with Crippen molar-refractivity contribution in [2.24, 2.45) is 0 Å². The second-order valence-corrected chi connectivity index (χ2v) is 5.22. The Morgan fingerprint density at radius 2 is 2.00 bits per heavy atom. The van der Waals surface area contributed by atoms with Crippen LogP contribution in [0.4, 0.5) is 0 Å². The molecule has 0 aromatic heterocycles. The van der Waals surface area contributed by atoms with Gasteiger partial charge in [0.2, 0.25) is 5.91 Å². The van der Waals surface area contributed by atoms with E-state index in [4.69, 9.17) is 11.6 Å². The van der Waals surface area contributed by atoms with Gasteiger partial charge in [-0.15, -0.1) is 11.6 Å². The second kappa shape index (κ2) is 6.79. The standard InChI is InChI=1S/C15H20ClNO/c16-11-12-17(14-7-4-8-14)15(18)10-9-13-5-2-1-3-6-13/h1-3,5-6,14H,4,7-12H2. The highest BCUT2D eigenvalue weighted by molar-refractivity contribution is 6.18. The van der Waals surface area contributed by atoms with E-state index in [1.165, 1.54) is 12.0 Å². The van der Waals surface area contributed by atoms with Crippen LogP contribution >= 0.6 is 11.6 Å². The fourth-order valence-corrected chi connectivity index (χ4v) is 2.52. The van der Waals surface area contributed by atoms with Gasteiger partial charge >= 0.3 is 0 Å². The van der Waals surface area contributed by atoms with Crippen LogP contribution in [0.1, 0.15) is 31.2 Å². The smallest absolute Gasteiger partial charge is 0.223 e. The van der Waals surface area contributed by atoms with E-state index in [1.54, 1.807) is 0 Å². The molecule has 2 rings (SSSR count). The predicted octanol–water partition coefficient (Wildman–Crippen LogP) is 3.24. The summed E-state index contributed by atoms with van der Waals surface area (Å²) in [6, 6.07) is 10.6. The summed E-state index contributed by atoms with van der Waals surface area (Å²) in [5, 5.41) is 0. The fraction of sp³-hybridized carbons (Fsp3) is 0.533. The van der Waals surface area contributed by atoms with Crippen molar-refractivity contribution >= 4 is 17.5 Å². The highest BCUT2D eigenvalue weighted by Gasteiger charge is 2.27. The molecule has 0 unspecified atom stereocenters. The molecule has 1 aliphatic rings. The van der Waals surface area contributed by atoms with Crippen LogP contribution in [-0.2, 0) is 11.2 Å².